The molecule has 4 rings (SSSR count). The van der Waals surface area contributed by atoms with Crippen LogP contribution in [0.3, 0.4) is 0 Å². The van der Waals surface area contributed by atoms with Crippen LogP contribution in [0.1, 0.15) is 30.4 Å². The van der Waals surface area contributed by atoms with Gasteiger partial charge in [0.15, 0.2) is 11.5 Å². The van der Waals surface area contributed by atoms with Gasteiger partial charge < -0.3 is 10.7 Å². The number of benzene rings is 1. The molecular formula is C18H23N7. The van der Waals surface area contributed by atoms with Gasteiger partial charge in [-0.05, 0) is 50.0 Å². The van der Waals surface area contributed by atoms with E-state index in [-0.39, 0.29) is 5.62 Å². The molecule has 7 nitrogen and oxygen atoms in total. The molecule has 1 fully saturated rings. The van der Waals surface area contributed by atoms with Crippen LogP contribution in [0.15, 0.2) is 24.5 Å². The molecule has 0 atom stereocenters. The predicted octanol–water partition coefficient (Wildman–Crippen LogP) is 2.10. The predicted molar refractivity (Wildman–Crippen MR) is 97.3 cm³/mol. The smallest absolute Gasteiger partial charge is 0.230 e. The highest BCUT2D eigenvalue weighted by Gasteiger charge is 2.14. The number of likely N-dealkylation sites (tertiary alicyclic amines) is 1. The first-order valence-electron chi connectivity index (χ1n) is 8.72. The van der Waals surface area contributed by atoms with Crippen molar-refractivity contribution < 1.29 is 0 Å². The molecule has 0 aliphatic carbocycles. The second kappa shape index (κ2) is 6.33. The quantitative estimate of drug-likeness (QED) is 0.681. The molecule has 1 aromatic carbocycles. The number of H-pyrrole nitrogens is 1. The van der Waals surface area contributed by atoms with Gasteiger partial charge in [-0.3, -0.25) is 14.9 Å². The Kier molecular flexibility index (Phi) is 4.01. The van der Waals surface area contributed by atoms with Crippen LogP contribution in [0.25, 0.3) is 16.9 Å². The monoisotopic (exact) mass is 337 g/mol. The molecule has 4 N–H and O–H groups in total. The molecule has 1 aliphatic rings. The van der Waals surface area contributed by atoms with Crippen molar-refractivity contribution in [2.45, 2.75) is 32.7 Å². The Morgan fingerprint density at radius 1 is 1.24 bits per heavy atom. The molecule has 3 heterocycles. The van der Waals surface area contributed by atoms with Crippen LogP contribution in [0.5, 0.6) is 0 Å². The first kappa shape index (κ1) is 15.8. The summed E-state index contributed by atoms with van der Waals surface area (Å²) in [6.45, 7) is 5.41. The summed E-state index contributed by atoms with van der Waals surface area (Å²) in [6.07, 6.45) is 5.52. The lowest BCUT2D eigenvalue weighted by atomic mass is 10.1. The fraction of sp³-hybridized carbons (Fsp3) is 0.389. The van der Waals surface area contributed by atoms with Crippen molar-refractivity contribution in [3.63, 3.8) is 0 Å². The van der Waals surface area contributed by atoms with Gasteiger partial charge >= 0.3 is 0 Å². The molecule has 3 aromatic rings. The fourth-order valence-corrected chi connectivity index (χ4v) is 3.64. The summed E-state index contributed by atoms with van der Waals surface area (Å²) in [5.41, 5.74) is 10.6. The van der Waals surface area contributed by atoms with Crippen molar-refractivity contribution in [2.75, 3.05) is 18.8 Å². The van der Waals surface area contributed by atoms with E-state index >= 15 is 0 Å². The van der Waals surface area contributed by atoms with Gasteiger partial charge in [0.25, 0.3) is 0 Å². The number of rotatable bonds is 3. The molecular weight excluding hydrogens is 314 g/mol. The summed E-state index contributed by atoms with van der Waals surface area (Å²) < 4.78 is 1.74. The van der Waals surface area contributed by atoms with Crippen molar-refractivity contribution in [1.29, 1.82) is 5.41 Å². The number of anilines is 1. The molecule has 130 valence electrons. The molecule has 0 saturated carbocycles. The zero-order valence-electron chi connectivity index (χ0n) is 14.4. The average Bonchev–Trinajstić information content (AvgIpc) is 3.07. The summed E-state index contributed by atoms with van der Waals surface area (Å²) in [4.78, 5) is 14.0. The van der Waals surface area contributed by atoms with Crippen LogP contribution >= 0.6 is 0 Å². The Bertz CT molecular complexity index is 963. The second-order valence-corrected chi connectivity index (χ2v) is 6.71. The van der Waals surface area contributed by atoms with Gasteiger partial charge in [-0.25, -0.2) is 4.98 Å². The molecule has 1 saturated heterocycles. The lowest BCUT2D eigenvalue weighted by Gasteiger charge is -2.26. The minimum Gasteiger partial charge on any atom is -0.382 e. The number of piperidine rings is 1. The summed E-state index contributed by atoms with van der Waals surface area (Å²) in [5.74, 6) is 0.299. The standard InChI is InChI=1S/C18H23N7/c1-12-9-13(10-24-7-3-2-4-8-24)5-6-14(12)25-17-15(21-11-22-17)16(19)23-18(25)20/h5-6,9,11H,2-4,7-8,10H2,1H3,(H,21,22)(H3,19,20,23). The molecule has 0 bridgehead atoms. The number of nitrogens with two attached hydrogens (primary N) is 1. The van der Waals surface area contributed by atoms with Gasteiger partial charge in [-0.1, -0.05) is 18.6 Å². The average molecular weight is 337 g/mol. The van der Waals surface area contributed by atoms with Crippen molar-refractivity contribution in [1.82, 2.24) is 24.4 Å². The maximum atomic E-state index is 8.24. The highest BCUT2D eigenvalue weighted by Crippen LogP contribution is 2.21. The number of nitrogens with one attached hydrogen (secondary N) is 2. The summed E-state index contributed by atoms with van der Waals surface area (Å²) in [6, 6.07) is 6.39. The first-order chi connectivity index (χ1) is 12.1. The molecule has 2 aromatic heterocycles. The SMILES string of the molecule is Cc1cc(CN2CCCCC2)ccc1-n1c(=N)nc(N)c2[nH]cnc21. The Hall–Kier alpha value is -2.67. The molecule has 25 heavy (non-hydrogen) atoms. The molecule has 0 unspecified atom stereocenters. The number of nitrogen functional groups attached to an aromatic ring is 1. The van der Waals surface area contributed by atoms with E-state index in [0.717, 1.165) is 17.8 Å². The number of hydrogen-bond acceptors (Lipinski definition) is 5. The third-order valence-electron chi connectivity index (χ3n) is 4.88. The third kappa shape index (κ3) is 2.91. The van der Waals surface area contributed by atoms with Gasteiger partial charge in [0.05, 0.1) is 12.0 Å². The number of aromatic amines is 1. The highest BCUT2D eigenvalue weighted by molar-refractivity contribution is 5.82. The number of aromatic nitrogens is 4. The third-order valence-corrected chi connectivity index (χ3v) is 4.88. The zero-order chi connectivity index (χ0) is 17.4. The van der Waals surface area contributed by atoms with Crippen LogP contribution in [0, 0.1) is 12.3 Å². The van der Waals surface area contributed by atoms with E-state index < -0.39 is 0 Å². The van der Waals surface area contributed by atoms with Crippen LogP contribution in [0.2, 0.25) is 0 Å². The van der Waals surface area contributed by atoms with Crippen LogP contribution < -0.4 is 11.4 Å². The lowest BCUT2D eigenvalue weighted by molar-refractivity contribution is 0.221. The maximum absolute atomic E-state index is 8.24. The van der Waals surface area contributed by atoms with Crippen molar-refractivity contribution >= 4 is 17.0 Å². The minimum absolute atomic E-state index is 0.0870. The van der Waals surface area contributed by atoms with E-state index in [1.807, 2.05) is 0 Å². The van der Waals surface area contributed by atoms with E-state index in [0.29, 0.717) is 17.0 Å². The van der Waals surface area contributed by atoms with E-state index in [2.05, 4.69) is 45.0 Å². The van der Waals surface area contributed by atoms with E-state index in [9.17, 15) is 0 Å². The Balaban J connectivity index is 1.72. The Morgan fingerprint density at radius 3 is 2.80 bits per heavy atom. The van der Waals surface area contributed by atoms with Gasteiger partial charge in [0, 0.05) is 6.54 Å². The highest BCUT2D eigenvalue weighted by atomic mass is 15.2. The van der Waals surface area contributed by atoms with Crippen molar-refractivity contribution in [2.24, 2.45) is 0 Å². The van der Waals surface area contributed by atoms with Crippen molar-refractivity contribution in [3.05, 3.63) is 41.3 Å². The largest absolute Gasteiger partial charge is 0.382 e. The fourth-order valence-electron chi connectivity index (χ4n) is 3.64. The maximum Gasteiger partial charge on any atom is 0.230 e. The Labute approximate surface area is 146 Å². The number of aryl methyl sites for hydroxylation is 1. The van der Waals surface area contributed by atoms with E-state index in [4.69, 9.17) is 11.1 Å². The van der Waals surface area contributed by atoms with Gasteiger partial charge in [0.1, 0.15) is 5.52 Å². The van der Waals surface area contributed by atoms with Crippen LogP contribution in [0.4, 0.5) is 5.82 Å². The topological polar surface area (TPSA) is 99.6 Å². The van der Waals surface area contributed by atoms with Gasteiger partial charge in [0.2, 0.25) is 5.62 Å². The number of fused-ring (bicyclic) bond motifs is 1. The molecule has 0 radical (unpaired) electrons. The number of nitrogens with zero attached hydrogens (tertiary/aromatic N) is 4. The summed E-state index contributed by atoms with van der Waals surface area (Å²) in [5, 5.41) is 8.24. The zero-order valence-corrected chi connectivity index (χ0v) is 14.4. The minimum atomic E-state index is 0.0870. The molecule has 7 heteroatoms. The first-order valence-corrected chi connectivity index (χ1v) is 8.72. The summed E-state index contributed by atoms with van der Waals surface area (Å²) >= 11 is 0. The van der Waals surface area contributed by atoms with Crippen LogP contribution in [-0.2, 0) is 6.54 Å². The number of imidazole rings is 1. The van der Waals surface area contributed by atoms with E-state index in [1.54, 1.807) is 10.9 Å². The Morgan fingerprint density at radius 2 is 2.04 bits per heavy atom. The van der Waals surface area contributed by atoms with Crippen LogP contribution in [-0.4, -0.2) is 37.5 Å². The summed E-state index contributed by atoms with van der Waals surface area (Å²) in [7, 11) is 0. The molecule has 0 spiro atoms. The lowest BCUT2D eigenvalue weighted by Crippen LogP contribution is -2.29. The van der Waals surface area contributed by atoms with Gasteiger partial charge in [-0.2, -0.15) is 4.98 Å². The second-order valence-electron chi connectivity index (χ2n) is 6.71. The number of hydrogen-bond donors (Lipinski definition) is 3. The molecule has 0 amide bonds. The van der Waals surface area contributed by atoms with E-state index in [1.165, 1.54) is 37.9 Å². The normalized spacial score (nSPS) is 15.7. The van der Waals surface area contributed by atoms with Gasteiger partial charge in [-0.15, -0.1) is 0 Å². The molecule has 1 aliphatic heterocycles. The van der Waals surface area contributed by atoms with Crippen molar-refractivity contribution in [3.8, 4) is 5.69 Å².